The molecule has 3 aliphatic heterocycles. The smallest absolute Gasteiger partial charge is 0.162 e. The fourth-order valence-corrected chi connectivity index (χ4v) is 9.27. The van der Waals surface area contributed by atoms with Gasteiger partial charge in [0.25, 0.3) is 0 Å². The lowest BCUT2D eigenvalue weighted by atomic mass is 9.57. The van der Waals surface area contributed by atoms with Crippen LogP contribution in [0.1, 0.15) is 59.0 Å². The molecule has 8 rings (SSSR count). The van der Waals surface area contributed by atoms with Gasteiger partial charge in [-0.25, -0.2) is 4.39 Å². The molecule has 3 fully saturated rings. The zero-order valence-electron chi connectivity index (χ0n) is 26.1. The topological polar surface area (TPSA) is 52.8 Å². The Morgan fingerprint density at radius 1 is 0.909 bits per heavy atom. The van der Waals surface area contributed by atoms with Crippen molar-refractivity contribution in [3.05, 3.63) is 87.6 Å². The van der Waals surface area contributed by atoms with Crippen LogP contribution in [-0.4, -0.2) is 71.2 Å². The predicted molar refractivity (Wildman–Crippen MR) is 176 cm³/mol. The summed E-state index contributed by atoms with van der Waals surface area (Å²) in [6, 6.07) is 16.2. The fraction of sp³-hybridized carbons (Fsp3) is 0.457. The van der Waals surface area contributed by atoms with Gasteiger partial charge in [-0.1, -0.05) is 24.3 Å². The first-order valence-corrected chi connectivity index (χ1v) is 16.8. The first-order valence-electron chi connectivity index (χ1n) is 16.0. The molecule has 1 atom stereocenters. The van der Waals surface area contributed by atoms with Crippen LogP contribution in [0.3, 0.4) is 0 Å². The van der Waals surface area contributed by atoms with Crippen molar-refractivity contribution in [1.82, 2.24) is 19.7 Å². The third kappa shape index (κ3) is 4.58. The number of fused-ring (bicyclic) bond motifs is 3. The lowest BCUT2D eigenvalue weighted by Gasteiger charge is -2.60. The van der Waals surface area contributed by atoms with E-state index in [9.17, 15) is 4.39 Å². The summed E-state index contributed by atoms with van der Waals surface area (Å²) in [6.07, 6.45) is 2.65. The molecule has 0 unspecified atom stereocenters. The number of benzene rings is 2. The number of piperazine rings is 1. The van der Waals surface area contributed by atoms with Gasteiger partial charge in [0.1, 0.15) is 22.7 Å². The first kappa shape index (κ1) is 28.0. The van der Waals surface area contributed by atoms with Crippen molar-refractivity contribution in [2.45, 2.75) is 46.6 Å². The summed E-state index contributed by atoms with van der Waals surface area (Å²) in [5.41, 5.74) is 7.27. The number of thiophene rings is 1. The number of halogens is 1. The van der Waals surface area contributed by atoms with Gasteiger partial charge in [0.05, 0.1) is 11.4 Å². The van der Waals surface area contributed by atoms with Gasteiger partial charge in [0.15, 0.2) is 5.82 Å². The third-order valence-electron chi connectivity index (χ3n) is 10.4. The summed E-state index contributed by atoms with van der Waals surface area (Å²) in [5, 5.41) is 10.0. The second kappa shape index (κ2) is 10.5. The maximum absolute atomic E-state index is 14.2. The lowest BCUT2D eigenvalue weighted by Crippen LogP contribution is -2.64. The van der Waals surface area contributed by atoms with Crippen LogP contribution in [0.2, 0.25) is 0 Å². The molecule has 228 valence electrons. The van der Waals surface area contributed by atoms with Gasteiger partial charge in [0.2, 0.25) is 0 Å². The van der Waals surface area contributed by atoms with Gasteiger partial charge < -0.3 is 9.80 Å². The zero-order chi connectivity index (χ0) is 30.2. The van der Waals surface area contributed by atoms with E-state index in [1.807, 2.05) is 30.4 Å². The highest BCUT2D eigenvalue weighted by Crippen LogP contribution is 2.53. The number of hydrogen-bond donors (Lipinski definition) is 0. The Balaban J connectivity index is 0.887. The Kier molecular flexibility index (Phi) is 6.68. The van der Waals surface area contributed by atoms with E-state index in [-0.39, 0.29) is 11.9 Å². The molecule has 2 aromatic heterocycles. The number of anilines is 2. The number of rotatable bonds is 5. The minimum absolute atomic E-state index is 0.0669. The van der Waals surface area contributed by atoms with Crippen LogP contribution in [0.25, 0.3) is 5.00 Å². The molecule has 9 heteroatoms. The summed E-state index contributed by atoms with van der Waals surface area (Å²) < 4.78 is 16.4. The Labute approximate surface area is 263 Å². The lowest BCUT2D eigenvalue weighted by molar-refractivity contribution is 0.00320. The van der Waals surface area contributed by atoms with Gasteiger partial charge in [-0.3, -0.25) is 14.5 Å². The molecular formula is C35H40FN7S. The minimum Gasteiger partial charge on any atom is -0.370 e. The molecule has 7 nitrogen and oxygen atoms in total. The average molecular weight is 610 g/mol. The van der Waals surface area contributed by atoms with Crippen LogP contribution >= 0.6 is 11.3 Å². The summed E-state index contributed by atoms with van der Waals surface area (Å²) >= 11 is 1.81. The summed E-state index contributed by atoms with van der Waals surface area (Å²) in [4.78, 5) is 13.9. The van der Waals surface area contributed by atoms with E-state index in [1.165, 1.54) is 46.1 Å². The number of hydrogen-bond acceptors (Lipinski definition) is 7. The van der Waals surface area contributed by atoms with Gasteiger partial charge in [-0.2, -0.15) is 0 Å². The second-order valence-electron chi connectivity index (χ2n) is 13.5. The van der Waals surface area contributed by atoms with Crippen molar-refractivity contribution in [3.63, 3.8) is 0 Å². The molecule has 5 heterocycles. The fourth-order valence-electron chi connectivity index (χ4n) is 8.05. The number of para-hydroxylation sites is 1. The first-order chi connectivity index (χ1) is 21.3. The van der Waals surface area contributed by atoms with Crippen molar-refractivity contribution in [1.29, 1.82) is 0 Å². The Hall–Kier alpha value is -3.56. The van der Waals surface area contributed by atoms with Crippen molar-refractivity contribution in [3.8, 4) is 5.00 Å². The summed E-state index contributed by atoms with van der Waals surface area (Å²) in [6.45, 7) is 15.9. The number of nitrogens with zero attached hydrogens (tertiary/aromatic N) is 7. The standard InChI is InChI=1S/C35H40FN7S/c1-22-24(3)44-34-31(22)32(37-23(2)33-39-38-25(4)43(33)34)27-9-11-28(12-10-27)42-20-35(21-42)17-26(18-35)19-40-13-15-41(16-14-40)30-8-6-5-7-29(30)36/h5-12,23,26H,13-21H2,1-4H3/t23-/m0/s1. The van der Waals surface area contributed by atoms with E-state index >= 15 is 0 Å². The van der Waals surface area contributed by atoms with E-state index in [1.54, 1.807) is 12.1 Å². The molecule has 1 spiro atoms. The van der Waals surface area contributed by atoms with Crippen LogP contribution in [-0.2, 0) is 0 Å². The van der Waals surface area contributed by atoms with Crippen molar-refractivity contribution in [2.24, 2.45) is 16.3 Å². The van der Waals surface area contributed by atoms with Crippen LogP contribution in [0, 0.1) is 37.9 Å². The van der Waals surface area contributed by atoms with Crippen LogP contribution in [0.5, 0.6) is 0 Å². The molecular weight excluding hydrogens is 569 g/mol. The predicted octanol–water partition coefficient (Wildman–Crippen LogP) is 6.34. The van der Waals surface area contributed by atoms with Crippen molar-refractivity contribution < 1.29 is 4.39 Å². The van der Waals surface area contributed by atoms with Gasteiger partial charge in [-0.15, -0.1) is 21.5 Å². The highest BCUT2D eigenvalue weighted by Gasteiger charge is 2.52. The molecule has 4 aromatic rings. The van der Waals surface area contributed by atoms with Crippen molar-refractivity contribution >= 4 is 28.4 Å². The van der Waals surface area contributed by atoms with Gasteiger partial charge >= 0.3 is 0 Å². The molecule has 0 radical (unpaired) electrons. The molecule has 2 aromatic carbocycles. The molecule has 0 bridgehead atoms. The normalized spacial score (nSPS) is 21.4. The van der Waals surface area contributed by atoms with Gasteiger partial charge in [-0.05, 0) is 76.3 Å². The van der Waals surface area contributed by atoms with Crippen molar-refractivity contribution in [2.75, 3.05) is 55.6 Å². The van der Waals surface area contributed by atoms with E-state index in [0.29, 0.717) is 5.41 Å². The highest BCUT2D eigenvalue weighted by molar-refractivity contribution is 7.15. The quantitative estimate of drug-likeness (QED) is 0.264. The average Bonchev–Trinajstić information content (AvgIpc) is 3.47. The maximum Gasteiger partial charge on any atom is 0.162 e. The minimum atomic E-state index is -0.109. The molecule has 1 aliphatic carbocycles. The highest BCUT2D eigenvalue weighted by atomic mass is 32.1. The second-order valence-corrected chi connectivity index (χ2v) is 14.7. The Morgan fingerprint density at radius 2 is 1.64 bits per heavy atom. The molecule has 1 saturated carbocycles. The third-order valence-corrected chi connectivity index (χ3v) is 11.6. The maximum atomic E-state index is 14.2. The number of aliphatic imine (C=N–C) groups is 1. The van der Waals surface area contributed by atoms with Crippen LogP contribution in [0.4, 0.5) is 15.8 Å². The number of aromatic nitrogens is 3. The van der Waals surface area contributed by atoms with E-state index in [2.05, 4.69) is 74.5 Å². The SMILES string of the molecule is Cc1sc2c(c1C)C(c1ccc(N3CC4(CC(CN5CCN(c6ccccc6F)CC5)C4)C3)cc1)=N[C@@H](C)c1nnc(C)n1-2. The molecule has 0 N–H and O–H groups in total. The van der Waals surface area contributed by atoms with Crippen LogP contribution in [0.15, 0.2) is 53.5 Å². The molecule has 2 saturated heterocycles. The Bertz CT molecular complexity index is 1730. The van der Waals surface area contributed by atoms with E-state index < -0.39 is 0 Å². The molecule has 0 amide bonds. The monoisotopic (exact) mass is 609 g/mol. The summed E-state index contributed by atoms with van der Waals surface area (Å²) in [7, 11) is 0. The van der Waals surface area contributed by atoms with E-state index in [4.69, 9.17) is 4.99 Å². The van der Waals surface area contributed by atoms with Crippen LogP contribution < -0.4 is 9.80 Å². The largest absolute Gasteiger partial charge is 0.370 e. The molecule has 4 aliphatic rings. The summed E-state index contributed by atoms with van der Waals surface area (Å²) in [5.74, 6) is 2.50. The van der Waals surface area contributed by atoms with Gasteiger partial charge in [0, 0.05) is 72.9 Å². The number of aryl methyl sites for hydroxylation is 2. The zero-order valence-corrected chi connectivity index (χ0v) is 26.9. The molecule has 44 heavy (non-hydrogen) atoms. The van der Waals surface area contributed by atoms with E-state index in [0.717, 1.165) is 73.8 Å². The Morgan fingerprint density at radius 3 is 2.36 bits per heavy atom.